The highest BCUT2D eigenvalue weighted by atomic mass is 35.5. The van der Waals surface area contributed by atoms with Crippen LogP contribution in [0.5, 0.6) is 5.75 Å². The molecule has 0 saturated heterocycles. The van der Waals surface area contributed by atoms with Gasteiger partial charge in [-0.3, -0.25) is 10.1 Å². The highest BCUT2D eigenvalue weighted by Gasteiger charge is 2.31. The van der Waals surface area contributed by atoms with E-state index in [2.05, 4.69) is 32.8 Å². The molecular weight excluding hydrogens is 462 g/mol. The maximum Gasteiger partial charge on any atom is 0.250 e. The van der Waals surface area contributed by atoms with Gasteiger partial charge in [0.15, 0.2) is 0 Å². The van der Waals surface area contributed by atoms with Gasteiger partial charge in [-0.25, -0.2) is 4.68 Å². The Morgan fingerprint density at radius 1 is 1.06 bits per heavy atom. The van der Waals surface area contributed by atoms with E-state index in [0.717, 1.165) is 28.9 Å². The number of aromatic nitrogens is 3. The minimum atomic E-state index is -0.316. The predicted octanol–water partition coefficient (Wildman–Crippen LogP) is 5.74. The normalized spacial score (nSPS) is 17.0. The molecule has 0 saturated carbocycles. The van der Waals surface area contributed by atoms with Crippen LogP contribution in [-0.2, 0) is 4.79 Å². The smallest absolute Gasteiger partial charge is 0.250 e. The van der Waals surface area contributed by atoms with Crippen LogP contribution in [0.1, 0.15) is 35.2 Å². The minimum absolute atomic E-state index is 0.0494. The number of methoxy groups -OCH3 is 1. The first-order chi connectivity index (χ1) is 17.1. The number of carbonyl (C=O) groups excluding carboxylic acids is 1. The Hall–Kier alpha value is -4.10. The second kappa shape index (κ2) is 10.0. The summed E-state index contributed by atoms with van der Waals surface area (Å²) in [5, 5.41) is 11.5. The average Bonchev–Trinajstić information content (AvgIpc) is 3.30. The van der Waals surface area contributed by atoms with E-state index in [1.165, 1.54) is 6.08 Å². The number of anilines is 2. The number of carbonyl (C=O) groups is 1. The second-order valence-electron chi connectivity index (χ2n) is 8.21. The van der Waals surface area contributed by atoms with Crippen molar-refractivity contribution in [1.29, 1.82) is 0 Å². The lowest BCUT2D eigenvalue weighted by Crippen LogP contribution is -2.28. The fourth-order valence-electron chi connectivity index (χ4n) is 4.14. The Balaban J connectivity index is 1.40. The van der Waals surface area contributed by atoms with E-state index < -0.39 is 0 Å². The van der Waals surface area contributed by atoms with E-state index in [1.807, 2.05) is 59.3 Å². The minimum Gasteiger partial charge on any atom is -0.497 e. The Bertz CT molecular complexity index is 1330. The molecule has 2 N–H and O–H groups in total. The number of hydrogen-bond donors (Lipinski definition) is 2. The number of nitrogens with zero attached hydrogens (tertiary/aromatic N) is 3. The van der Waals surface area contributed by atoms with Gasteiger partial charge in [0.2, 0.25) is 5.95 Å². The van der Waals surface area contributed by atoms with E-state index in [1.54, 1.807) is 25.3 Å². The van der Waals surface area contributed by atoms with Gasteiger partial charge in [0.05, 0.1) is 19.2 Å². The lowest BCUT2D eigenvalue weighted by molar-refractivity contribution is -0.111. The Kier molecular flexibility index (Phi) is 6.50. The average molecular weight is 486 g/mol. The van der Waals surface area contributed by atoms with Crippen molar-refractivity contribution in [3.63, 3.8) is 0 Å². The summed E-state index contributed by atoms with van der Waals surface area (Å²) in [4.78, 5) is 17.1. The van der Waals surface area contributed by atoms with E-state index in [4.69, 9.17) is 16.3 Å². The maximum absolute atomic E-state index is 12.5. The topological polar surface area (TPSA) is 81.1 Å². The first kappa shape index (κ1) is 22.7. The van der Waals surface area contributed by atoms with E-state index >= 15 is 0 Å². The number of fused-ring (bicyclic) bond motifs is 1. The molecule has 4 aromatic rings. The fraction of sp³-hybridized carbons (Fsp3) is 0.148. The van der Waals surface area contributed by atoms with Crippen molar-refractivity contribution in [2.75, 3.05) is 17.7 Å². The first-order valence-electron chi connectivity index (χ1n) is 11.3. The van der Waals surface area contributed by atoms with Gasteiger partial charge in [0.1, 0.15) is 5.75 Å². The molecule has 0 fully saturated rings. The number of nitrogens with one attached hydrogen (secondary N) is 2. The lowest BCUT2D eigenvalue weighted by Gasteiger charge is -2.31. The molecule has 3 aromatic carbocycles. The van der Waals surface area contributed by atoms with Crippen molar-refractivity contribution in [3.8, 4) is 5.75 Å². The van der Waals surface area contributed by atoms with Crippen molar-refractivity contribution in [2.45, 2.75) is 18.5 Å². The molecule has 0 spiro atoms. The molecule has 7 nitrogen and oxygen atoms in total. The molecule has 35 heavy (non-hydrogen) atoms. The van der Waals surface area contributed by atoms with Gasteiger partial charge in [-0.1, -0.05) is 66.2 Å². The summed E-state index contributed by atoms with van der Waals surface area (Å²) in [5.74, 6) is 1.32. The monoisotopic (exact) mass is 485 g/mol. The number of hydrogen-bond acceptors (Lipinski definition) is 5. The van der Waals surface area contributed by atoms with Crippen LogP contribution in [0.15, 0.2) is 84.9 Å². The number of halogens is 1. The molecule has 1 aliphatic heterocycles. The van der Waals surface area contributed by atoms with Gasteiger partial charge in [0, 0.05) is 11.1 Å². The molecule has 8 heteroatoms. The second-order valence-corrected chi connectivity index (χ2v) is 8.65. The number of rotatable bonds is 6. The molecule has 0 aliphatic carbocycles. The van der Waals surface area contributed by atoms with Crippen LogP contribution >= 0.6 is 11.6 Å². The molecular formula is C27H24ClN5O2. The first-order valence-corrected chi connectivity index (χ1v) is 11.6. The van der Waals surface area contributed by atoms with Crippen molar-refractivity contribution in [1.82, 2.24) is 14.8 Å². The van der Waals surface area contributed by atoms with Gasteiger partial charge in [-0.15, -0.1) is 5.10 Å². The summed E-state index contributed by atoms with van der Waals surface area (Å²) in [6, 6.07) is 25.4. The van der Waals surface area contributed by atoms with Crippen molar-refractivity contribution in [2.24, 2.45) is 0 Å². The summed E-state index contributed by atoms with van der Waals surface area (Å²) in [7, 11) is 1.65. The summed E-state index contributed by atoms with van der Waals surface area (Å²) >= 11 is 5.92. The summed E-state index contributed by atoms with van der Waals surface area (Å²) in [5.41, 5.74) is 3.12. The van der Waals surface area contributed by atoms with Crippen LogP contribution in [0.25, 0.3) is 6.08 Å². The van der Waals surface area contributed by atoms with Gasteiger partial charge >= 0.3 is 0 Å². The third-order valence-electron chi connectivity index (χ3n) is 5.92. The van der Waals surface area contributed by atoms with Crippen LogP contribution in [0, 0.1) is 0 Å². The summed E-state index contributed by atoms with van der Waals surface area (Å²) in [6.07, 6.45) is 3.94. The highest BCUT2D eigenvalue weighted by molar-refractivity contribution is 6.30. The Labute approximate surface area is 208 Å². The zero-order valence-electron chi connectivity index (χ0n) is 19.1. The van der Waals surface area contributed by atoms with Crippen LogP contribution < -0.4 is 15.4 Å². The van der Waals surface area contributed by atoms with Crippen LogP contribution in [0.2, 0.25) is 5.02 Å². The molecule has 2 unspecified atom stereocenters. The molecule has 2 heterocycles. The number of amides is 1. The van der Waals surface area contributed by atoms with E-state index in [-0.39, 0.29) is 23.9 Å². The quantitative estimate of drug-likeness (QED) is 0.340. The van der Waals surface area contributed by atoms with E-state index in [0.29, 0.717) is 11.0 Å². The maximum atomic E-state index is 12.5. The Morgan fingerprint density at radius 3 is 2.51 bits per heavy atom. The van der Waals surface area contributed by atoms with Crippen molar-refractivity contribution in [3.05, 3.63) is 107 Å². The van der Waals surface area contributed by atoms with Crippen LogP contribution in [0.3, 0.4) is 0 Å². The lowest BCUT2D eigenvalue weighted by atomic mass is 9.93. The molecule has 0 bridgehead atoms. The molecule has 0 radical (unpaired) electrons. The van der Waals surface area contributed by atoms with Gasteiger partial charge in [-0.05, 0) is 53.5 Å². The SMILES string of the molecule is COc1ccc(C2CC(c3ccccc3)Nc3nc(NC(=O)/C=C/c4ccc(Cl)cc4)nn32)cc1. The van der Waals surface area contributed by atoms with Crippen molar-refractivity contribution < 1.29 is 9.53 Å². The van der Waals surface area contributed by atoms with Gasteiger partial charge in [0.25, 0.3) is 11.9 Å². The van der Waals surface area contributed by atoms with Crippen molar-refractivity contribution >= 4 is 35.5 Å². The highest BCUT2D eigenvalue weighted by Crippen LogP contribution is 2.38. The van der Waals surface area contributed by atoms with E-state index in [9.17, 15) is 4.79 Å². The molecule has 5 rings (SSSR count). The molecule has 1 amide bonds. The largest absolute Gasteiger partial charge is 0.497 e. The fourth-order valence-corrected chi connectivity index (χ4v) is 4.26. The van der Waals surface area contributed by atoms with Gasteiger partial charge in [-0.2, -0.15) is 4.98 Å². The van der Waals surface area contributed by atoms with Gasteiger partial charge < -0.3 is 10.1 Å². The molecule has 176 valence electrons. The zero-order chi connectivity index (χ0) is 24.2. The van der Waals surface area contributed by atoms with Crippen LogP contribution in [0.4, 0.5) is 11.9 Å². The molecule has 1 aromatic heterocycles. The zero-order valence-corrected chi connectivity index (χ0v) is 19.8. The third-order valence-corrected chi connectivity index (χ3v) is 6.18. The Morgan fingerprint density at radius 2 is 1.80 bits per heavy atom. The number of ether oxygens (including phenoxy) is 1. The summed E-state index contributed by atoms with van der Waals surface area (Å²) < 4.78 is 7.15. The molecule has 1 aliphatic rings. The standard InChI is InChI=1S/C27H24ClN5O2/c1-35-22-14-10-20(11-15-22)24-17-23(19-5-3-2-4-6-19)29-27-31-26(32-33(24)27)30-25(34)16-9-18-7-12-21(28)13-8-18/h2-16,23-24H,17H2,1H3,(H2,29,30,31,32,34)/b16-9+. The third kappa shape index (κ3) is 5.20. The predicted molar refractivity (Wildman–Crippen MR) is 138 cm³/mol. The molecule has 2 atom stereocenters. The number of benzene rings is 3. The summed E-state index contributed by atoms with van der Waals surface area (Å²) in [6.45, 7) is 0. The van der Waals surface area contributed by atoms with Crippen LogP contribution in [-0.4, -0.2) is 27.8 Å².